The third-order valence-corrected chi connectivity index (χ3v) is 9.27. The summed E-state index contributed by atoms with van der Waals surface area (Å²) < 4.78 is 40.5. The van der Waals surface area contributed by atoms with Crippen molar-refractivity contribution >= 4 is 50.8 Å². The molecule has 0 aromatic heterocycles. The molecule has 0 saturated heterocycles. The second-order valence-corrected chi connectivity index (χ2v) is 11.7. The molecule has 0 aliphatic carbocycles. The molecule has 4 amide bonds. The van der Waals surface area contributed by atoms with Crippen LogP contribution in [0.5, 0.6) is 11.5 Å². The lowest BCUT2D eigenvalue weighted by molar-refractivity contribution is -0.140. The van der Waals surface area contributed by atoms with Crippen LogP contribution in [0.15, 0.2) is 65.6 Å². The largest absolute Gasteiger partial charge is 0.495 e. The first-order valence-corrected chi connectivity index (χ1v) is 15.5. The Bertz CT molecular complexity index is 1700. The van der Waals surface area contributed by atoms with Gasteiger partial charge >= 0.3 is 6.03 Å². The van der Waals surface area contributed by atoms with E-state index in [1.165, 1.54) is 62.8 Å². The first-order chi connectivity index (χ1) is 21.0. The Morgan fingerprint density at radius 1 is 0.977 bits per heavy atom. The molecule has 0 fully saturated rings. The first kappa shape index (κ1) is 32.6. The van der Waals surface area contributed by atoms with Gasteiger partial charge in [0.2, 0.25) is 0 Å². The maximum Gasteiger partial charge on any atom is 0.321 e. The average Bonchev–Trinajstić information content (AvgIpc) is 3.26. The van der Waals surface area contributed by atoms with E-state index >= 15 is 0 Å². The summed E-state index contributed by atoms with van der Waals surface area (Å²) in [4.78, 5) is 47.2. The summed E-state index contributed by atoms with van der Waals surface area (Å²) in [5.41, 5.74) is 0.159. The minimum absolute atomic E-state index is 0.0155. The number of nitrogens with zero attached hydrogens (tertiary/aromatic N) is 2. The standard InChI is InChI=1S/C30H33ClN4O8S/c1-6-34(7-2)29(38)32-19-13-16-26(25(17-19)41-4)44(39,40)35-24-15-14-20(43-8-3)18-22(24)30(28(35)37,27(36)33-42-5)21-11-9-10-12-23(21)31/h9-18H,6-8H2,1-5H3,(H,32,38)(H,33,36). The molecule has 1 aliphatic rings. The van der Waals surface area contributed by atoms with Crippen LogP contribution in [-0.4, -0.2) is 65.1 Å². The van der Waals surface area contributed by atoms with Crippen LogP contribution in [0.1, 0.15) is 31.9 Å². The smallest absolute Gasteiger partial charge is 0.321 e. The Hall–Kier alpha value is -4.33. The molecule has 234 valence electrons. The van der Waals surface area contributed by atoms with Crippen molar-refractivity contribution in [2.24, 2.45) is 0 Å². The van der Waals surface area contributed by atoms with Crippen LogP contribution in [0.2, 0.25) is 5.02 Å². The number of carbonyl (C=O) groups excluding carboxylic acids is 3. The fourth-order valence-electron chi connectivity index (χ4n) is 5.17. The molecule has 1 atom stereocenters. The number of urea groups is 1. The number of anilines is 2. The van der Waals surface area contributed by atoms with Gasteiger partial charge in [0.05, 0.1) is 26.5 Å². The van der Waals surface area contributed by atoms with Crippen molar-refractivity contribution in [3.8, 4) is 11.5 Å². The number of hydrogen-bond acceptors (Lipinski definition) is 8. The lowest BCUT2D eigenvalue weighted by Crippen LogP contribution is -2.53. The van der Waals surface area contributed by atoms with E-state index in [1.54, 1.807) is 24.0 Å². The molecule has 1 unspecified atom stereocenters. The molecule has 44 heavy (non-hydrogen) atoms. The molecule has 14 heteroatoms. The van der Waals surface area contributed by atoms with Gasteiger partial charge in [0, 0.05) is 41.0 Å². The van der Waals surface area contributed by atoms with Gasteiger partial charge in [-0.3, -0.25) is 14.4 Å². The second kappa shape index (κ2) is 13.1. The van der Waals surface area contributed by atoms with Crippen LogP contribution in [0.3, 0.4) is 0 Å². The summed E-state index contributed by atoms with van der Waals surface area (Å²) in [7, 11) is -2.30. The third kappa shape index (κ3) is 5.42. The van der Waals surface area contributed by atoms with E-state index in [1.807, 2.05) is 13.8 Å². The predicted molar refractivity (Wildman–Crippen MR) is 165 cm³/mol. The SMILES string of the molecule is CCOc1ccc2c(c1)C(C(=O)NOC)(c1ccccc1Cl)C(=O)N2S(=O)(=O)c1ccc(NC(=O)N(CC)CC)cc1OC. The van der Waals surface area contributed by atoms with Crippen molar-refractivity contribution < 1.29 is 37.1 Å². The highest BCUT2D eigenvalue weighted by Gasteiger charge is 2.62. The number of ether oxygens (including phenoxy) is 2. The van der Waals surface area contributed by atoms with E-state index in [0.717, 1.165) is 0 Å². The second-order valence-electron chi connectivity index (χ2n) is 9.52. The Kier molecular flexibility index (Phi) is 9.72. The minimum Gasteiger partial charge on any atom is -0.495 e. The van der Waals surface area contributed by atoms with Crippen LogP contribution in [0, 0.1) is 0 Å². The van der Waals surface area contributed by atoms with Gasteiger partial charge in [-0.05, 0) is 57.2 Å². The zero-order chi connectivity index (χ0) is 32.2. The molecule has 12 nitrogen and oxygen atoms in total. The Balaban J connectivity index is 1.94. The van der Waals surface area contributed by atoms with E-state index in [0.29, 0.717) is 23.1 Å². The molecule has 0 radical (unpaired) electrons. The van der Waals surface area contributed by atoms with Gasteiger partial charge in [-0.15, -0.1) is 0 Å². The number of benzene rings is 3. The highest BCUT2D eigenvalue weighted by atomic mass is 35.5. The number of halogens is 1. The van der Waals surface area contributed by atoms with Crippen molar-refractivity contribution in [3.05, 3.63) is 76.8 Å². The topological polar surface area (TPSA) is 144 Å². The number of hydrogen-bond donors (Lipinski definition) is 2. The molecule has 4 rings (SSSR count). The Morgan fingerprint density at radius 2 is 1.68 bits per heavy atom. The summed E-state index contributed by atoms with van der Waals surface area (Å²) in [5, 5.41) is 2.76. The average molecular weight is 645 g/mol. The van der Waals surface area contributed by atoms with Gasteiger partial charge in [-0.1, -0.05) is 29.8 Å². The van der Waals surface area contributed by atoms with Crippen molar-refractivity contribution in [3.63, 3.8) is 0 Å². The molecular formula is C30H33ClN4O8S. The predicted octanol–water partition coefficient (Wildman–Crippen LogP) is 4.32. The molecule has 0 saturated carbocycles. The van der Waals surface area contributed by atoms with Crippen LogP contribution < -0.4 is 24.6 Å². The number of carbonyl (C=O) groups is 3. The molecule has 1 aliphatic heterocycles. The molecule has 3 aromatic rings. The maximum absolute atomic E-state index is 14.6. The quantitative estimate of drug-likeness (QED) is 0.232. The lowest BCUT2D eigenvalue weighted by atomic mass is 9.74. The van der Waals surface area contributed by atoms with E-state index in [4.69, 9.17) is 25.9 Å². The highest BCUT2D eigenvalue weighted by Crippen LogP contribution is 2.51. The van der Waals surface area contributed by atoms with Gasteiger partial charge in [-0.25, -0.2) is 23.0 Å². The molecule has 3 aromatic carbocycles. The first-order valence-electron chi connectivity index (χ1n) is 13.7. The van der Waals surface area contributed by atoms with Crippen LogP contribution >= 0.6 is 11.6 Å². The zero-order valence-electron chi connectivity index (χ0n) is 24.8. The zero-order valence-corrected chi connectivity index (χ0v) is 26.4. The molecule has 2 N–H and O–H groups in total. The maximum atomic E-state index is 14.6. The van der Waals surface area contributed by atoms with Gasteiger partial charge in [0.25, 0.3) is 21.8 Å². The normalized spacial score (nSPS) is 15.9. The third-order valence-electron chi connectivity index (χ3n) is 7.20. The van der Waals surface area contributed by atoms with Crippen LogP contribution in [-0.2, 0) is 29.9 Å². The van der Waals surface area contributed by atoms with E-state index in [9.17, 15) is 22.8 Å². The molecular weight excluding hydrogens is 612 g/mol. The fourth-order valence-corrected chi connectivity index (χ4v) is 7.06. The summed E-state index contributed by atoms with van der Waals surface area (Å²) in [5.74, 6) is -1.93. The van der Waals surface area contributed by atoms with Gasteiger partial charge in [0.15, 0.2) is 5.41 Å². The summed E-state index contributed by atoms with van der Waals surface area (Å²) in [6, 6.07) is 14.0. The van der Waals surface area contributed by atoms with Gasteiger partial charge in [-0.2, -0.15) is 0 Å². The number of nitrogens with one attached hydrogen (secondary N) is 2. The number of methoxy groups -OCH3 is 1. The number of rotatable bonds is 11. The van der Waals surface area contributed by atoms with Crippen molar-refractivity contribution in [2.45, 2.75) is 31.1 Å². The van der Waals surface area contributed by atoms with Crippen molar-refractivity contribution in [1.82, 2.24) is 10.4 Å². The summed E-state index contributed by atoms with van der Waals surface area (Å²) in [6.45, 7) is 6.63. The van der Waals surface area contributed by atoms with Crippen LogP contribution in [0.25, 0.3) is 0 Å². The number of amides is 4. The van der Waals surface area contributed by atoms with Gasteiger partial charge < -0.3 is 19.7 Å². The monoisotopic (exact) mass is 644 g/mol. The van der Waals surface area contributed by atoms with Crippen molar-refractivity contribution in [2.75, 3.05) is 43.5 Å². The molecule has 1 heterocycles. The number of fused-ring (bicyclic) bond motifs is 1. The van der Waals surface area contributed by atoms with Gasteiger partial charge in [0.1, 0.15) is 16.4 Å². The molecule has 0 spiro atoms. The fraction of sp³-hybridized carbons (Fsp3) is 0.300. The lowest BCUT2D eigenvalue weighted by Gasteiger charge is -2.28. The summed E-state index contributed by atoms with van der Waals surface area (Å²) >= 11 is 6.57. The molecule has 0 bridgehead atoms. The van der Waals surface area contributed by atoms with Crippen LogP contribution in [0.4, 0.5) is 16.2 Å². The van der Waals surface area contributed by atoms with Crippen molar-refractivity contribution in [1.29, 1.82) is 0 Å². The van der Waals surface area contributed by atoms with E-state index < -0.39 is 27.3 Å². The van der Waals surface area contributed by atoms with E-state index in [2.05, 4.69) is 10.8 Å². The highest BCUT2D eigenvalue weighted by molar-refractivity contribution is 7.93. The summed E-state index contributed by atoms with van der Waals surface area (Å²) in [6.07, 6.45) is 0. The minimum atomic E-state index is -4.75. The Morgan fingerprint density at radius 3 is 2.30 bits per heavy atom. The number of hydroxylamine groups is 1. The van der Waals surface area contributed by atoms with E-state index in [-0.39, 0.29) is 50.8 Å². The Labute approximate surface area is 260 Å². The number of sulfonamides is 1.